The van der Waals surface area contributed by atoms with Crippen LogP contribution in [-0.4, -0.2) is 54.9 Å². The van der Waals surface area contributed by atoms with Gasteiger partial charge in [-0.15, -0.1) is 0 Å². The van der Waals surface area contributed by atoms with E-state index in [9.17, 15) is 9.59 Å². The summed E-state index contributed by atoms with van der Waals surface area (Å²) < 4.78 is 5.50. The van der Waals surface area contributed by atoms with Crippen LogP contribution in [0.2, 0.25) is 0 Å². The quantitative estimate of drug-likeness (QED) is 0.683. The molecular weight excluding hydrogens is 284 g/mol. The Labute approximate surface area is 131 Å². The average molecular weight is 309 g/mol. The summed E-state index contributed by atoms with van der Waals surface area (Å²) in [7, 11) is 1.88. The number of carboxylic acid groups (broad SMARTS) is 1. The molecule has 0 aliphatic carbocycles. The number of nitrogens with zero attached hydrogens (tertiary/aromatic N) is 1. The highest BCUT2D eigenvalue weighted by Gasteiger charge is 2.24. The van der Waals surface area contributed by atoms with Crippen LogP contribution >= 0.6 is 0 Å². The van der Waals surface area contributed by atoms with E-state index in [-0.39, 0.29) is 13.2 Å². The Balaban J connectivity index is 2.32. The molecular formula is C16H25N2O4+. The minimum atomic E-state index is -0.831. The van der Waals surface area contributed by atoms with Crippen LogP contribution in [0.25, 0.3) is 0 Å². The van der Waals surface area contributed by atoms with Gasteiger partial charge in [-0.05, 0) is 12.0 Å². The molecule has 1 aromatic carbocycles. The number of likely N-dealkylation sites (N-methyl/N-ethyl adjacent to an activating group) is 1. The summed E-state index contributed by atoms with van der Waals surface area (Å²) >= 11 is 0. The maximum atomic E-state index is 11.6. The van der Waals surface area contributed by atoms with Gasteiger partial charge in [-0.1, -0.05) is 37.3 Å². The van der Waals surface area contributed by atoms with E-state index in [4.69, 9.17) is 9.84 Å². The standard InChI is InChI=1S/C16H24N2O4/c1-3-10-18(2,12-15(19)20)11-9-17-16(21)22-13-14-7-5-4-6-8-14/h4-8H,3,9-13H2,1-2H3,(H-,17,19,20,21)/p+1. The van der Waals surface area contributed by atoms with Gasteiger partial charge in [-0.2, -0.15) is 0 Å². The van der Waals surface area contributed by atoms with Crippen LogP contribution in [0.5, 0.6) is 0 Å². The molecule has 2 N–H and O–H groups in total. The Morgan fingerprint density at radius 3 is 2.50 bits per heavy atom. The lowest BCUT2D eigenvalue weighted by Crippen LogP contribution is -2.51. The molecule has 22 heavy (non-hydrogen) atoms. The molecule has 0 spiro atoms. The van der Waals surface area contributed by atoms with Gasteiger partial charge < -0.3 is 19.6 Å². The van der Waals surface area contributed by atoms with Gasteiger partial charge in [0.25, 0.3) is 0 Å². The van der Waals surface area contributed by atoms with Crippen molar-refractivity contribution < 1.29 is 23.9 Å². The number of quaternary nitrogens is 1. The minimum Gasteiger partial charge on any atom is -0.477 e. The van der Waals surface area contributed by atoms with Crippen molar-refractivity contribution in [1.29, 1.82) is 0 Å². The molecule has 0 radical (unpaired) electrons. The molecule has 0 saturated carbocycles. The molecule has 0 heterocycles. The van der Waals surface area contributed by atoms with E-state index in [2.05, 4.69) is 5.32 Å². The number of ether oxygens (including phenoxy) is 1. The third-order valence-corrected chi connectivity index (χ3v) is 3.41. The van der Waals surface area contributed by atoms with Crippen LogP contribution in [0, 0.1) is 0 Å². The van der Waals surface area contributed by atoms with Crippen LogP contribution in [0.1, 0.15) is 18.9 Å². The summed E-state index contributed by atoms with van der Waals surface area (Å²) in [6.07, 6.45) is 0.407. The van der Waals surface area contributed by atoms with Gasteiger partial charge in [-0.25, -0.2) is 9.59 Å². The zero-order valence-corrected chi connectivity index (χ0v) is 13.2. The second-order valence-electron chi connectivity index (χ2n) is 5.61. The normalized spacial score (nSPS) is 13.2. The van der Waals surface area contributed by atoms with Crippen LogP contribution < -0.4 is 5.32 Å². The number of nitrogens with one attached hydrogen (secondary N) is 1. The second-order valence-corrected chi connectivity index (χ2v) is 5.61. The van der Waals surface area contributed by atoms with Gasteiger partial charge in [0.15, 0.2) is 6.54 Å². The number of aliphatic carboxylic acids is 1. The number of hydrogen-bond acceptors (Lipinski definition) is 3. The first-order valence-corrected chi connectivity index (χ1v) is 7.45. The summed E-state index contributed by atoms with van der Waals surface area (Å²) in [5.74, 6) is -0.831. The van der Waals surface area contributed by atoms with Crippen molar-refractivity contribution in [2.75, 3.05) is 33.2 Å². The first kappa shape index (κ1) is 18.0. The minimum absolute atomic E-state index is 0.0502. The summed E-state index contributed by atoms with van der Waals surface area (Å²) in [6.45, 7) is 3.99. The van der Waals surface area contributed by atoms with Crippen molar-refractivity contribution in [2.45, 2.75) is 20.0 Å². The monoisotopic (exact) mass is 309 g/mol. The summed E-state index contributed by atoms with van der Waals surface area (Å²) in [5.41, 5.74) is 0.926. The lowest BCUT2D eigenvalue weighted by molar-refractivity contribution is -0.901. The molecule has 1 unspecified atom stereocenters. The molecule has 0 aliphatic rings. The Morgan fingerprint density at radius 1 is 1.23 bits per heavy atom. The number of carbonyl (C=O) groups is 2. The van der Waals surface area contributed by atoms with Gasteiger partial charge in [0, 0.05) is 0 Å². The number of hydrogen-bond donors (Lipinski definition) is 2. The first-order valence-electron chi connectivity index (χ1n) is 7.45. The lowest BCUT2D eigenvalue weighted by Gasteiger charge is -2.32. The third-order valence-electron chi connectivity index (χ3n) is 3.41. The highest BCUT2D eigenvalue weighted by molar-refractivity contribution is 5.68. The lowest BCUT2D eigenvalue weighted by atomic mass is 10.2. The van der Waals surface area contributed by atoms with Crippen LogP contribution in [0.15, 0.2) is 30.3 Å². The first-order chi connectivity index (χ1) is 10.4. The predicted molar refractivity (Wildman–Crippen MR) is 83.3 cm³/mol. The Bertz CT molecular complexity index is 478. The van der Waals surface area contributed by atoms with E-state index < -0.39 is 12.1 Å². The zero-order chi connectivity index (χ0) is 16.4. The highest BCUT2D eigenvalue weighted by Crippen LogP contribution is 2.04. The second kappa shape index (κ2) is 9.04. The van der Waals surface area contributed by atoms with Crippen molar-refractivity contribution in [3.63, 3.8) is 0 Å². The highest BCUT2D eigenvalue weighted by atomic mass is 16.5. The van der Waals surface area contributed by atoms with Gasteiger partial charge in [0.2, 0.25) is 0 Å². The predicted octanol–water partition coefficient (Wildman–Crippen LogP) is 1.85. The number of benzene rings is 1. The number of amides is 1. The van der Waals surface area contributed by atoms with Crippen molar-refractivity contribution in [3.8, 4) is 0 Å². The van der Waals surface area contributed by atoms with Crippen LogP contribution in [0.4, 0.5) is 4.79 Å². The molecule has 1 rings (SSSR count). The molecule has 0 saturated heterocycles. The number of carboxylic acids is 1. The summed E-state index contributed by atoms with van der Waals surface area (Å²) in [6, 6.07) is 9.44. The molecule has 0 bridgehead atoms. The SMILES string of the molecule is CCC[N+](C)(CCNC(=O)OCc1ccccc1)CC(=O)O. The Morgan fingerprint density at radius 2 is 1.91 bits per heavy atom. The maximum absolute atomic E-state index is 11.6. The zero-order valence-electron chi connectivity index (χ0n) is 13.2. The van der Waals surface area contributed by atoms with E-state index >= 15 is 0 Å². The molecule has 1 atom stereocenters. The molecule has 0 fully saturated rings. The Hall–Kier alpha value is -2.08. The fourth-order valence-corrected chi connectivity index (χ4v) is 2.34. The van der Waals surface area contributed by atoms with Gasteiger partial charge in [0.1, 0.15) is 6.61 Å². The van der Waals surface area contributed by atoms with Gasteiger partial charge in [-0.3, -0.25) is 0 Å². The van der Waals surface area contributed by atoms with Crippen molar-refractivity contribution in [2.24, 2.45) is 0 Å². The van der Waals surface area contributed by atoms with Gasteiger partial charge >= 0.3 is 12.1 Å². The smallest absolute Gasteiger partial charge is 0.407 e. The molecule has 0 aliphatic heterocycles. The van der Waals surface area contributed by atoms with Crippen molar-refractivity contribution in [3.05, 3.63) is 35.9 Å². The summed E-state index contributed by atoms with van der Waals surface area (Å²) in [5, 5.41) is 11.6. The topological polar surface area (TPSA) is 75.6 Å². The summed E-state index contributed by atoms with van der Waals surface area (Å²) in [4.78, 5) is 22.5. The Kier molecular flexibility index (Phi) is 7.39. The third kappa shape index (κ3) is 7.08. The molecule has 1 amide bonds. The van der Waals surface area contributed by atoms with E-state index in [1.165, 1.54) is 0 Å². The van der Waals surface area contributed by atoms with Crippen LogP contribution in [-0.2, 0) is 16.1 Å². The van der Waals surface area contributed by atoms with Crippen molar-refractivity contribution >= 4 is 12.1 Å². The van der Waals surface area contributed by atoms with E-state index in [0.29, 0.717) is 17.6 Å². The molecule has 6 heteroatoms. The number of rotatable bonds is 9. The van der Waals surface area contributed by atoms with Crippen LogP contribution in [0.3, 0.4) is 0 Å². The van der Waals surface area contributed by atoms with E-state index in [1.807, 2.05) is 44.3 Å². The largest absolute Gasteiger partial charge is 0.477 e. The average Bonchev–Trinajstić information content (AvgIpc) is 2.45. The fourth-order valence-electron chi connectivity index (χ4n) is 2.34. The molecule has 122 valence electrons. The van der Waals surface area contributed by atoms with E-state index in [0.717, 1.165) is 18.5 Å². The molecule has 6 nitrogen and oxygen atoms in total. The number of carbonyl (C=O) groups excluding carboxylic acids is 1. The van der Waals surface area contributed by atoms with E-state index in [1.54, 1.807) is 0 Å². The number of alkyl carbamates (subject to hydrolysis) is 1. The maximum Gasteiger partial charge on any atom is 0.407 e. The van der Waals surface area contributed by atoms with Gasteiger partial charge in [0.05, 0.1) is 26.7 Å². The molecule has 0 aromatic heterocycles. The molecule has 1 aromatic rings. The fraction of sp³-hybridized carbons (Fsp3) is 0.500. The van der Waals surface area contributed by atoms with Crippen molar-refractivity contribution in [1.82, 2.24) is 5.32 Å².